The van der Waals surface area contributed by atoms with Crippen LogP contribution in [0.4, 0.5) is 0 Å². The molecule has 3 nitrogen and oxygen atoms in total. The molecule has 3 heteroatoms. The molecule has 0 amide bonds. The smallest absolute Gasteiger partial charge is 0.0678 e. The third-order valence-corrected chi connectivity index (χ3v) is 5.26. The Balaban J connectivity index is 2.25. The van der Waals surface area contributed by atoms with Gasteiger partial charge in [-0.3, -0.25) is 4.90 Å². The molecule has 0 aromatic carbocycles. The molecule has 0 bridgehead atoms. The zero-order valence-corrected chi connectivity index (χ0v) is 12.5. The minimum absolute atomic E-state index is 0.178. The van der Waals surface area contributed by atoms with Crippen LogP contribution in [0, 0.1) is 5.41 Å². The van der Waals surface area contributed by atoms with Gasteiger partial charge in [0.2, 0.25) is 0 Å². The van der Waals surface area contributed by atoms with Crippen LogP contribution < -0.4 is 5.73 Å². The zero-order valence-electron chi connectivity index (χ0n) is 12.5. The second-order valence-electron chi connectivity index (χ2n) is 6.99. The van der Waals surface area contributed by atoms with Gasteiger partial charge in [-0.2, -0.15) is 0 Å². The summed E-state index contributed by atoms with van der Waals surface area (Å²) in [6, 6.07) is 0. The second kappa shape index (κ2) is 5.10. The molecule has 0 aromatic heterocycles. The molecule has 1 saturated heterocycles. The number of rotatable bonds is 2. The van der Waals surface area contributed by atoms with E-state index in [1.54, 1.807) is 0 Å². The van der Waals surface area contributed by atoms with Gasteiger partial charge in [-0.25, -0.2) is 0 Å². The molecule has 3 atom stereocenters. The van der Waals surface area contributed by atoms with E-state index >= 15 is 0 Å². The minimum atomic E-state index is 0.178. The van der Waals surface area contributed by atoms with E-state index in [1.807, 2.05) is 0 Å². The monoisotopic (exact) mass is 254 g/mol. The van der Waals surface area contributed by atoms with Gasteiger partial charge in [0.25, 0.3) is 0 Å². The van der Waals surface area contributed by atoms with Crippen molar-refractivity contribution in [2.45, 2.75) is 71.1 Å². The Morgan fingerprint density at radius 2 is 1.67 bits per heavy atom. The van der Waals surface area contributed by atoms with Crippen LogP contribution in [0.15, 0.2) is 0 Å². The highest BCUT2D eigenvalue weighted by atomic mass is 16.5. The van der Waals surface area contributed by atoms with E-state index in [2.05, 4.69) is 32.6 Å². The van der Waals surface area contributed by atoms with Gasteiger partial charge >= 0.3 is 0 Å². The molecular weight excluding hydrogens is 224 g/mol. The first-order valence-corrected chi connectivity index (χ1v) is 7.52. The van der Waals surface area contributed by atoms with Crippen molar-refractivity contribution in [3.63, 3.8) is 0 Å². The minimum Gasteiger partial charge on any atom is -0.373 e. The fourth-order valence-corrected chi connectivity index (χ4v) is 4.18. The molecule has 2 rings (SSSR count). The number of hydrogen-bond acceptors (Lipinski definition) is 3. The van der Waals surface area contributed by atoms with Crippen LogP contribution in [0.3, 0.4) is 0 Å². The molecule has 0 aromatic rings. The predicted octanol–water partition coefficient (Wildman–Crippen LogP) is 2.39. The van der Waals surface area contributed by atoms with Crippen molar-refractivity contribution >= 4 is 0 Å². The number of morpholine rings is 1. The van der Waals surface area contributed by atoms with E-state index in [0.29, 0.717) is 17.6 Å². The van der Waals surface area contributed by atoms with Gasteiger partial charge in [-0.15, -0.1) is 0 Å². The lowest BCUT2D eigenvalue weighted by molar-refractivity contribution is -0.138. The Bertz CT molecular complexity index is 282. The molecule has 0 radical (unpaired) electrons. The highest BCUT2D eigenvalue weighted by molar-refractivity contribution is 5.06. The lowest BCUT2D eigenvalue weighted by Crippen LogP contribution is -2.67. The molecule has 2 fully saturated rings. The average Bonchev–Trinajstić information content (AvgIpc) is 2.27. The zero-order chi connectivity index (χ0) is 13.4. The van der Waals surface area contributed by atoms with Crippen molar-refractivity contribution in [2.75, 3.05) is 19.6 Å². The van der Waals surface area contributed by atoms with Gasteiger partial charge in [-0.05, 0) is 32.1 Å². The molecule has 2 N–H and O–H groups in total. The maximum atomic E-state index is 6.25. The van der Waals surface area contributed by atoms with Crippen LogP contribution in [-0.4, -0.2) is 42.3 Å². The summed E-state index contributed by atoms with van der Waals surface area (Å²) in [4.78, 5) is 2.64. The standard InChI is InChI=1S/C15H30N2O/c1-12-9-17(10-13(2)18-12)15(11-16)8-6-5-7-14(15,3)4/h12-13H,5-11,16H2,1-4H3/t12-,13+,15?. The van der Waals surface area contributed by atoms with Crippen LogP contribution >= 0.6 is 0 Å². The summed E-state index contributed by atoms with van der Waals surface area (Å²) in [6.45, 7) is 12.0. The Morgan fingerprint density at radius 1 is 1.11 bits per heavy atom. The van der Waals surface area contributed by atoms with Gasteiger partial charge in [0.15, 0.2) is 0 Å². The van der Waals surface area contributed by atoms with Crippen molar-refractivity contribution in [3.8, 4) is 0 Å². The van der Waals surface area contributed by atoms with E-state index in [-0.39, 0.29) is 5.54 Å². The summed E-state index contributed by atoms with van der Waals surface area (Å²) in [5.41, 5.74) is 6.75. The lowest BCUT2D eigenvalue weighted by atomic mass is 9.62. The molecule has 1 unspecified atom stereocenters. The Hall–Kier alpha value is -0.120. The quantitative estimate of drug-likeness (QED) is 0.822. The first-order chi connectivity index (χ1) is 8.41. The maximum Gasteiger partial charge on any atom is 0.0678 e. The van der Waals surface area contributed by atoms with Crippen LogP contribution in [0.25, 0.3) is 0 Å². The van der Waals surface area contributed by atoms with Crippen molar-refractivity contribution < 1.29 is 4.74 Å². The molecule has 1 aliphatic heterocycles. The van der Waals surface area contributed by atoms with Gasteiger partial charge < -0.3 is 10.5 Å². The average molecular weight is 254 g/mol. The summed E-state index contributed by atoms with van der Waals surface area (Å²) >= 11 is 0. The highest BCUT2D eigenvalue weighted by Gasteiger charge is 2.50. The van der Waals surface area contributed by atoms with Crippen LogP contribution in [0.1, 0.15) is 53.4 Å². The summed E-state index contributed by atoms with van der Waals surface area (Å²) in [5, 5.41) is 0. The van der Waals surface area contributed by atoms with Crippen LogP contribution in [-0.2, 0) is 4.74 Å². The maximum absolute atomic E-state index is 6.25. The molecule has 106 valence electrons. The van der Waals surface area contributed by atoms with Crippen molar-refractivity contribution in [1.82, 2.24) is 4.90 Å². The molecule has 1 saturated carbocycles. The fraction of sp³-hybridized carbons (Fsp3) is 1.00. The van der Waals surface area contributed by atoms with Crippen molar-refractivity contribution in [1.29, 1.82) is 0 Å². The topological polar surface area (TPSA) is 38.5 Å². The van der Waals surface area contributed by atoms with E-state index in [0.717, 1.165) is 19.6 Å². The molecular formula is C15H30N2O. The number of nitrogens with two attached hydrogens (primary N) is 1. The summed E-state index contributed by atoms with van der Waals surface area (Å²) < 4.78 is 5.88. The molecule has 0 spiro atoms. The Kier molecular flexibility index (Phi) is 4.05. The Morgan fingerprint density at radius 3 is 2.17 bits per heavy atom. The molecule has 2 aliphatic rings. The summed E-state index contributed by atoms with van der Waals surface area (Å²) in [5.74, 6) is 0. The van der Waals surface area contributed by atoms with Crippen molar-refractivity contribution in [3.05, 3.63) is 0 Å². The third kappa shape index (κ3) is 2.33. The van der Waals surface area contributed by atoms with Crippen LogP contribution in [0.5, 0.6) is 0 Å². The number of hydrogen-bond donors (Lipinski definition) is 1. The van der Waals surface area contributed by atoms with Crippen molar-refractivity contribution in [2.24, 2.45) is 11.1 Å². The van der Waals surface area contributed by atoms with Gasteiger partial charge in [0.05, 0.1) is 12.2 Å². The summed E-state index contributed by atoms with van der Waals surface area (Å²) in [6.07, 6.45) is 5.87. The molecule has 18 heavy (non-hydrogen) atoms. The first-order valence-electron chi connectivity index (χ1n) is 7.52. The first kappa shape index (κ1) is 14.3. The third-order valence-electron chi connectivity index (χ3n) is 5.26. The fourth-order valence-electron chi connectivity index (χ4n) is 4.18. The predicted molar refractivity (Wildman–Crippen MR) is 75.6 cm³/mol. The van der Waals surface area contributed by atoms with Gasteiger partial charge in [0.1, 0.15) is 0 Å². The van der Waals surface area contributed by atoms with Crippen LogP contribution in [0.2, 0.25) is 0 Å². The normalized spacial score (nSPS) is 41.8. The SMILES string of the molecule is C[C@@H]1CN(C2(CN)CCCCC2(C)C)C[C@H](C)O1. The Labute approximate surface area is 112 Å². The number of nitrogens with zero attached hydrogens (tertiary/aromatic N) is 1. The van der Waals surface area contributed by atoms with E-state index < -0.39 is 0 Å². The molecule has 1 heterocycles. The van der Waals surface area contributed by atoms with E-state index in [1.165, 1.54) is 25.7 Å². The van der Waals surface area contributed by atoms with E-state index in [4.69, 9.17) is 10.5 Å². The second-order valence-corrected chi connectivity index (χ2v) is 6.99. The molecule has 1 aliphatic carbocycles. The lowest BCUT2D eigenvalue weighted by Gasteiger charge is -2.58. The summed E-state index contributed by atoms with van der Waals surface area (Å²) in [7, 11) is 0. The van der Waals surface area contributed by atoms with Gasteiger partial charge in [-0.1, -0.05) is 26.7 Å². The van der Waals surface area contributed by atoms with Gasteiger partial charge in [0, 0.05) is 25.2 Å². The largest absolute Gasteiger partial charge is 0.373 e. The number of ether oxygens (including phenoxy) is 1. The highest BCUT2D eigenvalue weighted by Crippen LogP contribution is 2.47. The van der Waals surface area contributed by atoms with E-state index in [9.17, 15) is 0 Å².